The van der Waals surface area contributed by atoms with Gasteiger partial charge in [-0.3, -0.25) is 0 Å². The second-order valence-electron chi connectivity index (χ2n) is 3.85. The van der Waals surface area contributed by atoms with Crippen LogP contribution < -0.4 is 5.73 Å². The van der Waals surface area contributed by atoms with Gasteiger partial charge in [-0.05, 0) is 30.5 Å². The van der Waals surface area contributed by atoms with Crippen molar-refractivity contribution >= 4 is 0 Å². The third-order valence-corrected chi connectivity index (χ3v) is 2.66. The van der Waals surface area contributed by atoms with E-state index >= 15 is 0 Å². The molecule has 0 bridgehead atoms. The normalized spacial score (nSPS) is 15.0. The van der Waals surface area contributed by atoms with Crippen LogP contribution in [0.4, 0.5) is 4.39 Å². The molecule has 3 N–H and O–H groups in total. The van der Waals surface area contributed by atoms with E-state index in [1.807, 2.05) is 6.92 Å². The molecule has 1 aromatic carbocycles. The molecule has 1 aromatic rings. The van der Waals surface area contributed by atoms with Gasteiger partial charge in [0.1, 0.15) is 5.82 Å². The molecule has 3 heteroatoms. The smallest absolute Gasteiger partial charge is 0.126 e. The van der Waals surface area contributed by atoms with Gasteiger partial charge in [0.15, 0.2) is 0 Å². The maximum atomic E-state index is 13.2. The van der Waals surface area contributed by atoms with Crippen LogP contribution in [0, 0.1) is 12.7 Å². The Balaban J connectivity index is 2.90. The Bertz CT molecular complexity index is 327. The van der Waals surface area contributed by atoms with E-state index in [0.29, 0.717) is 11.1 Å². The van der Waals surface area contributed by atoms with Gasteiger partial charge in [-0.25, -0.2) is 4.39 Å². The fourth-order valence-electron chi connectivity index (χ4n) is 1.67. The van der Waals surface area contributed by atoms with Gasteiger partial charge in [-0.2, -0.15) is 0 Å². The van der Waals surface area contributed by atoms with Crippen molar-refractivity contribution in [2.24, 2.45) is 5.73 Å². The van der Waals surface area contributed by atoms with Crippen LogP contribution >= 0.6 is 0 Å². The molecule has 0 aliphatic carbocycles. The van der Waals surface area contributed by atoms with Crippen molar-refractivity contribution in [2.75, 3.05) is 0 Å². The molecule has 0 aromatic heterocycles. The van der Waals surface area contributed by atoms with Gasteiger partial charge in [-0.15, -0.1) is 0 Å². The summed E-state index contributed by atoms with van der Waals surface area (Å²) < 4.78 is 13.2. The molecule has 0 aliphatic rings. The summed E-state index contributed by atoms with van der Waals surface area (Å²) in [6.45, 7) is 3.66. The van der Waals surface area contributed by atoms with E-state index < -0.39 is 6.10 Å². The number of halogens is 1. The fourth-order valence-corrected chi connectivity index (χ4v) is 1.67. The lowest BCUT2D eigenvalue weighted by atomic mass is 9.96. The molecule has 0 aliphatic heterocycles. The lowest BCUT2D eigenvalue weighted by Crippen LogP contribution is -2.28. The standard InChI is InChI=1S/C12H18FNO/c1-3-5-11(14)12(15)9-6-4-7-10(13)8(9)2/h4,6-7,11-12,15H,3,5,14H2,1-2H3/t11-,12+/m1/s1. The highest BCUT2D eigenvalue weighted by Gasteiger charge is 2.18. The first-order chi connectivity index (χ1) is 7.07. The summed E-state index contributed by atoms with van der Waals surface area (Å²) in [5, 5.41) is 9.93. The van der Waals surface area contributed by atoms with Gasteiger partial charge in [0.05, 0.1) is 6.10 Å². The highest BCUT2D eigenvalue weighted by atomic mass is 19.1. The number of aliphatic hydroxyl groups excluding tert-OH is 1. The maximum absolute atomic E-state index is 13.2. The number of rotatable bonds is 4. The number of benzene rings is 1. The average molecular weight is 211 g/mol. The second-order valence-corrected chi connectivity index (χ2v) is 3.85. The predicted molar refractivity (Wildman–Crippen MR) is 59.0 cm³/mol. The van der Waals surface area contributed by atoms with E-state index in [2.05, 4.69) is 0 Å². The first kappa shape index (κ1) is 12.1. The number of hydrogen-bond acceptors (Lipinski definition) is 2. The van der Waals surface area contributed by atoms with Crippen LogP contribution in [0.3, 0.4) is 0 Å². The van der Waals surface area contributed by atoms with Crippen LogP contribution in [0.25, 0.3) is 0 Å². The minimum atomic E-state index is -0.777. The third kappa shape index (κ3) is 2.76. The molecule has 15 heavy (non-hydrogen) atoms. The molecular weight excluding hydrogens is 193 g/mol. The molecule has 84 valence electrons. The maximum Gasteiger partial charge on any atom is 0.126 e. The molecule has 1 rings (SSSR count). The predicted octanol–water partition coefficient (Wildman–Crippen LogP) is 2.29. The van der Waals surface area contributed by atoms with Crippen molar-refractivity contribution in [1.29, 1.82) is 0 Å². The number of nitrogens with two attached hydrogens (primary N) is 1. The van der Waals surface area contributed by atoms with Crippen LogP contribution in [0.15, 0.2) is 18.2 Å². The lowest BCUT2D eigenvalue weighted by molar-refractivity contribution is 0.140. The van der Waals surface area contributed by atoms with E-state index in [1.54, 1.807) is 19.1 Å². The van der Waals surface area contributed by atoms with Gasteiger partial charge >= 0.3 is 0 Å². The molecule has 2 atom stereocenters. The summed E-state index contributed by atoms with van der Waals surface area (Å²) in [4.78, 5) is 0. The Morgan fingerprint density at radius 3 is 2.73 bits per heavy atom. The van der Waals surface area contributed by atoms with Crippen LogP contribution in [0.5, 0.6) is 0 Å². The summed E-state index contributed by atoms with van der Waals surface area (Å²) in [5.41, 5.74) is 6.88. The zero-order chi connectivity index (χ0) is 11.4. The fraction of sp³-hybridized carbons (Fsp3) is 0.500. The van der Waals surface area contributed by atoms with Crippen molar-refractivity contribution in [3.05, 3.63) is 35.1 Å². The molecule has 0 unspecified atom stereocenters. The SMILES string of the molecule is CCC[C@@H](N)[C@@H](O)c1cccc(F)c1C. The quantitative estimate of drug-likeness (QED) is 0.802. The van der Waals surface area contributed by atoms with Crippen LogP contribution in [0.1, 0.15) is 37.0 Å². The molecular formula is C12H18FNO. The lowest BCUT2D eigenvalue weighted by Gasteiger charge is -2.20. The monoisotopic (exact) mass is 211 g/mol. The zero-order valence-electron chi connectivity index (χ0n) is 9.20. The molecule has 0 spiro atoms. The molecule has 2 nitrogen and oxygen atoms in total. The summed E-state index contributed by atoms with van der Waals surface area (Å²) in [6, 6.07) is 4.38. The van der Waals surface area contributed by atoms with E-state index in [-0.39, 0.29) is 11.9 Å². The molecule has 0 fully saturated rings. The molecule has 0 radical (unpaired) electrons. The van der Waals surface area contributed by atoms with Crippen LogP contribution in [-0.4, -0.2) is 11.1 Å². The van der Waals surface area contributed by atoms with Gasteiger partial charge in [0, 0.05) is 6.04 Å². The Hall–Kier alpha value is -0.930. The Morgan fingerprint density at radius 1 is 1.47 bits per heavy atom. The highest BCUT2D eigenvalue weighted by molar-refractivity contribution is 5.30. The second kappa shape index (κ2) is 5.24. The summed E-state index contributed by atoms with van der Waals surface area (Å²) in [5.74, 6) is -0.296. The molecule has 0 amide bonds. The van der Waals surface area contributed by atoms with Gasteiger partial charge in [0.25, 0.3) is 0 Å². The number of hydrogen-bond donors (Lipinski definition) is 2. The average Bonchev–Trinajstić information content (AvgIpc) is 2.21. The largest absolute Gasteiger partial charge is 0.387 e. The molecule has 0 heterocycles. The Morgan fingerprint density at radius 2 is 2.13 bits per heavy atom. The van der Waals surface area contributed by atoms with Gasteiger partial charge in [0.2, 0.25) is 0 Å². The van der Waals surface area contributed by atoms with E-state index in [4.69, 9.17) is 5.73 Å². The minimum absolute atomic E-state index is 0.296. The van der Waals surface area contributed by atoms with Crippen molar-refractivity contribution in [3.8, 4) is 0 Å². The van der Waals surface area contributed by atoms with Crippen LogP contribution in [-0.2, 0) is 0 Å². The van der Waals surface area contributed by atoms with Gasteiger partial charge < -0.3 is 10.8 Å². The first-order valence-corrected chi connectivity index (χ1v) is 5.26. The highest BCUT2D eigenvalue weighted by Crippen LogP contribution is 2.23. The first-order valence-electron chi connectivity index (χ1n) is 5.26. The molecule has 0 saturated carbocycles. The van der Waals surface area contributed by atoms with E-state index in [9.17, 15) is 9.50 Å². The Kier molecular flexibility index (Phi) is 4.24. The minimum Gasteiger partial charge on any atom is -0.387 e. The van der Waals surface area contributed by atoms with E-state index in [1.165, 1.54) is 6.07 Å². The summed E-state index contributed by atoms with van der Waals surface area (Å²) >= 11 is 0. The van der Waals surface area contributed by atoms with Gasteiger partial charge in [-0.1, -0.05) is 25.5 Å². The van der Waals surface area contributed by atoms with Crippen LogP contribution in [0.2, 0.25) is 0 Å². The van der Waals surface area contributed by atoms with Crippen molar-refractivity contribution < 1.29 is 9.50 Å². The topological polar surface area (TPSA) is 46.2 Å². The van der Waals surface area contributed by atoms with Crippen molar-refractivity contribution in [2.45, 2.75) is 38.8 Å². The third-order valence-electron chi connectivity index (χ3n) is 2.66. The number of aliphatic hydroxyl groups is 1. The van der Waals surface area contributed by atoms with E-state index in [0.717, 1.165) is 12.8 Å². The summed E-state index contributed by atoms with van der Waals surface area (Å²) in [6.07, 6.45) is 0.865. The van der Waals surface area contributed by atoms with Crippen molar-refractivity contribution in [3.63, 3.8) is 0 Å². The Labute approximate surface area is 89.9 Å². The molecule has 0 saturated heterocycles. The zero-order valence-corrected chi connectivity index (χ0v) is 9.20. The van der Waals surface area contributed by atoms with Crippen molar-refractivity contribution in [1.82, 2.24) is 0 Å². The summed E-state index contributed by atoms with van der Waals surface area (Å²) in [7, 11) is 0.